The lowest BCUT2D eigenvalue weighted by Crippen LogP contribution is -2.43. The fourth-order valence-corrected chi connectivity index (χ4v) is 5.52. The van der Waals surface area contributed by atoms with Crippen LogP contribution in [0.15, 0.2) is 12.1 Å². The molecule has 40 heavy (non-hydrogen) atoms. The Morgan fingerprint density at radius 1 is 1.15 bits per heavy atom. The van der Waals surface area contributed by atoms with Crippen LogP contribution in [0.3, 0.4) is 0 Å². The summed E-state index contributed by atoms with van der Waals surface area (Å²) in [4.78, 5) is 30.2. The van der Waals surface area contributed by atoms with Crippen molar-refractivity contribution < 1.29 is 37.3 Å². The number of amides is 1. The third-order valence-corrected chi connectivity index (χ3v) is 7.59. The second-order valence-corrected chi connectivity index (χ2v) is 10.5. The van der Waals surface area contributed by atoms with Gasteiger partial charge in [0.25, 0.3) is 0 Å². The first-order valence-electron chi connectivity index (χ1n) is 13.8. The van der Waals surface area contributed by atoms with Crippen LogP contribution in [0.2, 0.25) is 0 Å². The Morgan fingerprint density at radius 3 is 2.52 bits per heavy atom. The van der Waals surface area contributed by atoms with E-state index in [4.69, 9.17) is 24.4 Å². The molecule has 2 fully saturated rings. The number of aliphatic carboxylic acids is 1. The molecule has 1 aliphatic carbocycles. The number of ether oxygens (including phenoxy) is 2. The molecule has 5 rings (SSSR count). The van der Waals surface area contributed by atoms with E-state index in [1.54, 1.807) is 7.11 Å². The van der Waals surface area contributed by atoms with Crippen molar-refractivity contribution in [2.45, 2.75) is 63.6 Å². The number of alkyl halides is 3. The largest absolute Gasteiger partial charge is 0.493 e. The van der Waals surface area contributed by atoms with Crippen LogP contribution in [0.5, 0.6) is 11.5 Å². The van der Waals surface area contributed by atoms with Crippen molar-refractivity contribution in [1.29, 1.82) is 0 Å². The molecule has 2 N–H and O–H groups in total. The first-order chi connectivity index (χ1) is 19.1. The smallest absolute Gasteiger partial charge is 0.490 e. The number of piperidine rings is 1. The quantitative estimate of drug-likeness (QED) is 0.457. The number of carbonyl (C=O) groups excluding carboxylic acids is 1. The van der Waals surface area contributed by atoms with E-state index in [1.165, 1.54) is 42.9 Å². The van der Waals surface area contributed by atoms with Crippen molar-refractivity contribution in [2.24, 2.45) is 0 Å². The van der Waals surface area contributed by atoms with E-state index in [9.17, 15) is 18.0 Å². The number of likely N-dealkylation sites (N-methyl/N-ethyl adjacent to an activating group) is 1. The topological polar surface area (TPSA) is 104 Å². The highest BCUT2D eigenvalue weighted by atomic mass is 19.4. The predicted molar refractivity (Wildman–Crippen MR) is 144 cm³/mol. The van der Waals surface area contributed by atoms with E-state index in [0.29, 0.717) is 13.0 Å². The summed E-state index contributed by atoms with van der Waals surface area (Å²) in [5, 5.41) is 12.0. The van der Waals surface area contributed by atoms with Gasteiger partial charge in [0.1, 0.15) is 0 Å². The summed E-state index contributed by atoms with van der Waals surface area (Å²) in [5.41, 5.74) is 4.63. The number of anilines is 1. The third-order valence-electron chi connectivity index (χ3n) is 7.59. The van der Waals surface area contributed by atoms with Gasteiger partial charge in [0.2, 0.25) is 5.91 Å². The SMILES string of the molecule is COc1cc2c(NC3CCC(=O)N(C)C3)c3c(nc2cc1OCCCN1CCCC1)CCC3.O=C(O)C(F)(F)F. The molecule has 1 atom stereocenters. The van der Waals surface area contributed by atoms with Crippen LogP contribution < -0.4 is 14.8 Å². The maximum atomic E-state index is 12.0. The van der Waals surface area contributed by atoms with E-state index < -0.39 is 12.1 Å². The van der Waals surface area contributed by atoms with Gasteiger partial charge in [-0.15, -0.1) is 0 Å². The number of pyridine rings is 1. The van der Waals surface area contributed by atoms with Crippen molar-refractivity contribution in [2.75, 3.05) is 52.3 Å². The molecule has 1 amide bonds. The summed E-state index contributed by atoms with van der Waals surface area (Å²) < 4.78 is 43.6. The standard InChI is InChI=1S/C26H36N4O3.C2HF3O2/c1-29-17-18(9-10-25(29)31)27-26-19-7-5-8-21(19)28-22-16-24(23(32-2)15-20(22)26)33-14-6-13-30-11-3-4-12-30;3-2(4,5)1(6)7/h15-16,18H,3-14,17H2,1-2H3,(H,27,28);(H,6,7). The van der Waals surface area contributed by atoms with Gasteiger partial charge >= 0.3 is 12.1 Å². The Kier molecular flexibility index (Phi) is 9.60. The van der Waals surface area contributed by atoms with Crippen molar-refractivity contribution in [1.82, 2.24) is 14.8 Å². The summed E-state index contributed by atoms with van der Waals surface area (Å²) in [6, 6.07) is 4.37. The van der Waals surface area contributed by atoms with Gasteiger partial charge in [0, 0.05) is 55.4 Å². The lowest BCUT2D eigenvalue weighted by molar-refractivity contribution is -0.192. The Balaban J connectivity index is 0.000000470. The van der Waals surface area contributed by atoms with Gasteiger partial charge in [-0.1, -0.05) is 0 Å². The number of rotatable bonds is 8. The number of hydrogen-bond acceptors (Lipinski definition) is 7. The second kappa shape index (κ2) is 12.9. The number of carbonyl (C=O) groups is 2. The van der Waals surface area contributed by atoms with E-state index >= 15 is 0 Å². The molecule has 9 nitrogen and oxygen atoms in total. The van der Waals surface area contributed by atoms with Gasteiger partial charge in [-0.05, 0) is 69.7 Å². The normalized spacial score (nSPS) is 19.3. The van der Waals surface area contributed by atoms with Crippen LogP contribution in [0.1, 0.15) is 49.8 Å². The summed E-state index contributed by atoms with van der Waals surface area (Å²) in [5.74, 6) is -1.01. The molecule has 3 aliphatic rings. The number of aromatic nitrogens is 1. The number of hydrogen-bond donors (Lipinski definition) is 2. The number of carboxylic acid groups (broad SMARTS) is 1. The van der Waals surface area contributed by atoms with Crippen molar-refractivity contribution in [3.8, 4) is 11.5 Å². The summed E-state index contributed by atoms with van der Waals surface area (Å²) in [7, 11) is 3.59. The molecule has 12 heteroatoms. The number of benzene rings is 1. The first-order valence-corrected chi connectivity index (χ1v) is 13.8. The van der Waals surface area contributed by atoms with Crippen molar-refractivity contribution >= 4 is 28.5 Å². The average Bonchev–Trinajstić information content (AvgIpc) is 3.60. The molecule has 2 saturated heterocycles. The van der Waals surface area contributed by atoms with Gasteiger partial charge in [-0.2, -0.15) is 13.2 Å². The number of carboxylic acids is 1. The van der Waals surface area contributed by atoms with E-state index in [0.717, 1.165) is 67.6 Å². The van der Waals surface area contributed by atoms with Crippen molar-refractivity contribution in [3.63, 3.8) is 0 Å². The zero-order valence-electron chi connectivity index (χ0n) is 23.0. The summed E-state index contributed by atoms with van der Waals surface area (Å²) in [6.45, 7) is 4.93. The van der Waals surface area contributed by atoms with Crippen LogP contribution >= 0.6 is 0 Å². The first kappa shape index (κ1) is 29.7. The van der Waals surface area contributed by atoms with E-state index in [1.807, 2.05) is 18.0 Å². The number of likely N-dealkylation sites (tertiary alicyclic amines) is 2. The molecule has 220 valence electrons. The minimum atomic E-state index is -5.08. The monoisotopic (exact) mass is 566 g/mol. The van der Waals surface area contributed by atoms with Gasteiger partial charge in [-0.3, -0.25) is 9.78 Å². The maximum Gasteiger partial charge on any atom is 0.490 e. The highest BCUT2D eigenvalue weighted by Gasteiger charge is 2.38. The number of aryl methyl sites for hydroxylation is 1. The number of halogens is 3. The highest BCUT2D eigenvalue weighted by Crippen LogP contribution is 2.40. The van der Waals surface area contributed by atoms with Crippen LogP contribution in [0.25, 0.3) is 10.9 Å². The molecule has 2 aliphatic heterocycles. The fourth-order valence-electron chi connectivity index (χ4n) is 5.52. The van der Waals surface area contributed by atoms with Crippen LogP contribution in [0, 0.1) is 0 Å². The molecular formula is C28H37F3N4O5. The van der Waals surface area contributed by atoms with E-state index in [-0.39, 0.29) is 11.9 Å². The van der Waals surface area contributed by atoms with Gasteiger partial charge < -0.3 is 29.7 Å². The number of fused-ring (bicyclic) bond motifs is 2. The van der Waals surface area contributed by atoms with Gasteiger partial charge in [0.05, 0.1) is 19.2 Å². The fraction of sp³-hybridized carbons (Fsp3) is 0.607. The minimum absolute atomic E-state index is 0.228. The average molecular weight is 567 g/mol. The Morgan fingerprint density at radius 2 is 1.88 bits per heavy atom. The lowest BCUT2D eigenvalue weighted by atomic mass is 10.0. The Bertz CT molecular complexity index is 1220. The molecule has 0 spiro atoms. The van der Waals surface area contributed by atoms with Crippen LogP contribution in [0.4, 0.5) is 18.9 Å². The van der Waals surface area contributed by atoms with E-state index in [2.05, 4.69) is 16.3 Å². The summed E-state index contributed by atoms with van der Waals surface area (Å²) in [6.07, 6.45) is 3.21. The predicted octanol–water partition coefficient (Wildman–Crippen LogP) is 4.26. The molecule has 1 aromatic heterocycles. The molecule has 3 heterocycles. The lowest BCUT2D eigenvalue weighted by Gasteiger charge is -2.32. The second-order valence-electron chi connectivity index (χ2n) is 10.5. The maximum absolute atomic E-state index is 12.0. The van der Waals surface area contributed by atoms with Crippen LogP contribution in [-0.4, -0.2) is 90.9 Å². The zero-order valence-corrected chi connectivity index (χ0v) is 23.0. The zero-order chi connectivity index (χ0) is 28.9. The third kappa shape index (κ3) is 7.26. The molecule has 0 radical (unpaired) electrons. The molecule has 1 aromatic carbocycles. The Labute approximate surface area is 231 Å². The minimum Gasteiger partial charge on any atom is -0.493 e. The number of nitrogens with zero attached hydrogens (tertiary/aromatic N) is 3. The van der Waals surface area contributed by atoms with Gasteiger partial charge in [-0.25, -0.2) is 4.79 Å². The molecule has 0 saturated carbocycles. The Hall–Kier alpha value is -3.28. The highest BCUT2D eigenvalue weighted by molar-refractivity contribution is 5.96. The van der Waals surface area contributed by atoms with Crippen LogP contribution in [-0.2, 0) is 22.4 Å². The number of nitrogens with one attached hydrogen (secondary N) is 1. The van der Waals surface area contributed by atoms with Gasteiger partial charge in [0.15, 0.2) is 11.5 Å². The molecule has 2 aromatic rings. The summed E-state index contributed by atoms with van der Waals surface area (Å²) >= 11 is 0. The molecule has 1 unspecified atom stereocenters. The molecule has 0 bridgehead atoms. The molecular weight excluding hydrogens is 529 g/mol. The number of methoxy groups -OCH3 is 1. The van der Waals surface area contributed by atoms with Crippen molar-refractivity contribution in [3.05, 3.63) is 23.4 Å².